The highest BCUT2D eigenvalue weighted by molar-refractivity contribution is 6.33. The molecule has 1 heterocycles. The number of benzene rings is 1. The van der Waals surface area contributed by atoms with E-state index in [1.165, 1.54) is 25.0 Å². The van der Waals surface area contributed by atoms with E-state index in [9.17, 15) is 10.1 Å². The van der Waals surface area contributed by atoms with Gasteiger partial charge in [-0.05, 0) is 44.3 Å². The van der Waals surface area contributed by atoms with Gasteiger partial charge >= 0.3 is 0 Å². The Morgan fingerprint density at radius 3 is 3.00 bits per heavy atom. The predicted octanol–water partition coefficient (Wildman–Crippen LogP) is 3.05. The van der Waals surface area contributed by atoms with Gasteiger partial charge in [0.1, 0.15) is 0 Å². The van der Waals surface area contributed by atoms with Crippen LogP contribution in [-0.4, -0.2) is 24.6 Å². The highest BCUT2D eigenvalue weighted by Crippen LogP contribution is 2.26. The lowest BCUT2D eigenvalue weighted by Crippen LogP contribution is -2.30. The van der Waals surface area contributed by atoms with E-state index in [1.807, 2.05) is 0 Å². The number of nitro benzene ring substituents is 1. The van der Waals surface area contributed by atoms with Gasteiger partial charge in [0.05, 0.1) is 15.6 Å². The molecule has 0 amide bonds. The van der Waals surface area contributed by atoms with Gasteiger partial charge in [0.15, 0.2) is 0 Å². The van der Waals surface area contributed by atoms with Gasteiger partial charge in [-0.25, -0.2) is 0 Å². The topological polar surface area (TPSA) is 67.2 Å². The predicted molar refractivity (Wildman–Crippen MR) is 76.8 cm³/mol. The van der Waals surface area contributed by atoms with Crippen molar-refractivity contribution in [2.45, 2.75) is 19.3 Å². The van der Waals surface area contributed by atoms with Gasteiger partial charge in [0, 0.05) is 18.7 Å². The summed E-state index contributed by atoms with van der Waals surface area (Å²) in [5, 5.41) is 17.6. The number of halogens is 1. The molecule has 0 saturated carbocycles. The number of non-ortho nitro benzene ring substituents is 1. The fourth-order valence-electron chi connectivity index (χ4n) is 2.34. The molecule has 0 aromatic heterocycles. The van der Waals surface area contributed by atoms with E-state index >= 15 is 0 Å². The second-order valence-corrected chi connectivity index (χ2v) is 5.26. The molecular formula is C13H18ClN3O2. The summed E-state index contributed by atoms with van der Waals surface area (Å²) in [6.45, 7) is 3.04. The van der Waals surface area contributed by atoms with Gasteiger partial charge in [-0.3, -0.25) is 10.1 Å². The fraction of sp³-hybridized carbons (Fsp3) is 0.538. The first-order valence-electron chi connectivity index (χ1n) is 6.55. The molecule has 19 heavy (non-hydrogen) atoms. The van der Waals surface area contributed by atoms with E-state index in [0.717, 1.165) is 31.7 Å². The Hall–Kier alpha value is -1.33. The number of hydrogen-bond donors (Lipinski definition) is 2. The van der Waals surface area contributed by atoms with Crippen LogP contribution in [0.5, 0.6) is 0 Å². The molecule has 1 atom stereocenters. The van der Waals surface area contributed by atoms with Crippen LogP contribution in [0.15, 0.2) is 18.2 Å². The van der Waals surface area contributed by atoms with Crippen molar-refractivity contribution in [3.05, 3.63) is 33.3 Å². The number of rotatable bonds is 5. The highest BCUT2D eigenvalue weighted by atomic mass is 35.5. The molecule has 1 fully saturated rings. The number of anilines is 1. The van der Waals surface area contributed by atoms with Crippen molar-refractivity contribution in [2.75, 3.05) is 25.0 Å². The van der Waals surface area contributed by atoms with Crippen LogP contribution in [0.2, 0.25) is 5.02 Å². The summed E-state index contributed by atoms with van der Waals surface area (Å²) in [5.41, 5.74) is 0.781. The number of hydrogen-bond acceptors (Lipinski definition) is 4. The molecule has 6 heteroatoms. The Balaban J connectivity index is 1.83. The molecule has 0 spiro atoms. The average Bonchev–Trinajstić information content (AvgIpc) is 2.41. The normalized spacial score (nSPS) is 19.1. The first kappa shape index (κ1) is 14.1. The van der Waals surface area contributed by atoms with Gasteiger partial charge in [-0.15, -0.1) is 0 Å². The minimum absolute atomic E-state index is 0.0204. The number of piperidine rings is 1. The molecule has 0 bridgehead atoms. The van der Waals surface area contributed by atoms with Crippen LogP contribution in [0.25, 0.3) is 0 Å². The molecule has 2 rings (SSSR count). The van der Waals surface area contributed by atoms with Crippen LogP contribution in [0.3, 0.4) is 0 Å². The summed E-state index contributed by atoms with van der Waals surface area (Å²) in [5.74, 6) is 0.707. The van der Waals surface area contributed by atoms with Crippen molar-refractivity contribution >= 4 is 23.0 Å². The van der Waals surface area contributed by atoms with Crippen LogP contribution >= 0.6 is 11.6 Å². The van der Waals surface area contributed by atoms with Gasteiger partial charge < -0.3 is 10.6 Å². The van der Waals surface area contributed by atoms with Crippen LogP contribution < -0.4 is 10.6 Å². The monoisotopic (exact) mass is 283 g/mol. The lowest BCUT2D eigenvalue weighted by atomic mass is 9.96. The van der Waals surface area contributed by atoms with Gasteiger partial charge in [-0.2, -0.15) is 0 Å². The first-order chi connectivity index (χ1) is 9.16. The maximum Gasteiger partial charge on any atom is 0.271 e. The minimum Gasteiger partial charge on any atom is -0.384 e. The quantitative estimate of drug-likeness (QED) is 0.644. The Morgan fingerprint density at radius 2 is 2.37 bits per heavy atom. The molecule has 2 N–H and O–H groups in total. The summed E-state index contributed by atoms with van der Waals surface area (Å²) >= 11 is 6.02. The molecule has 104 valence electrons. The second-order valence-electron chi connectivity index (χ2n) is 4.85. The van der Waals surface area contributed by atoms with Crippen LogP contribution in [0, 0.1) is 16.0 Å². The summed E-state index contributed by atoms with van der Waals surface area (Å²) in [6.07, 6.45) is 3.59. The lowest BCUT2D eigenvalue weighted by molar-refractivity contribution is -0.384. The maximum atomic E-state index is 10.6. The molecule has 1 saturated heterocycles. The zero-order valence-electron chi connectivity index (χ0n) is 10.7. The molecule has 1 unspecified atom stereocenters. The molecule has 0 radical (unpaired) electrons. The maximum absolute atomic E-state index is 10.6. The standard InChI is InChI=1S/C13H18ClN3O2/c14-12-8-11(17(18)19)3-4-13(12)16-7-5-10-2-1-6-15-9-10/h3-4,8,10,15-16H,1-2,5-7,9H2. The van der Waals surface area contributed by atoms with E-state index in [-0.39, 0.29) is 5.69 Å². The van der Waals surface area contributed by atoms with E-state index < -0.39 is 4.92 Å². The van der Waals surface area contributed by atoms with Crippen LogP contribution in [0.4, 0.5) is 11.4 Å². The molecule has 1 aliphatic rings. The van der Waals surface area contributed by atoms with Crippen LogP contribution in [0.1, 0.15) is 19.3 Å². The average molecular weight is 284 g/mol. The smallest absolute Gasteiger partial charge is 0.271 e. The third kappa shape index (κ3) is 4.08. The van der Waals surface area contributed by atoms with Crippen molar-refractivity contribution < 1.29 is 4.92 Å². The van der Waals surface area contributed by atoms with E-state index in [1.54, 1.807) is 6.07 Å². The summed E-state index contributed by atoms with van der Waals surface area (Å²) in [6, 6.07) is 4.52. The molecule has 1 aliphatic heterocycles. The number of nitrogens with zero attached hydrogens (tertiary/aromatic N) is 1. The highest BCUT2D eigenvalue weighted by Gasteiger charge is 2.13. The molecule has 5 nitrogen and oxygen atoms in total. The first-order valence-corrected chi connectivity index (χ1v) is 6.93. The number of nitro groups is 1. The number of nitrogens with one attached hydrogen (secondary N) is 2. The Labute approximate surface area is 117 Å². The van der Waals surface area contributed by atoms with E-state index in [4.69, 9.17) is 11.6 Å². The third-order valence-electron chi connectivity index (χ3n) is 3.43. The Morgan fingerprint density at radius 1 is 1.53 bits per heavy atom. The largest absolute Gasteiger partial charge is 0.384 e. The molecular weight excluding hydrogens is 266 g/mol. The van der Waals surface area contributed by atoms with Gasteiger partial charge in [0.2, 0.25) is 0 Å². The Kier molecular flexibility index (Phi) is 4.99. The SMILES string of the molecule is O=[N+]([O-])c1ccc(NCCC2CCCNC2)c(Cl)c1. The summed E-state index contributed by atoms with van der Waals surface area (Å²) < 4.78 is 0. The van der Waals surface area contributed by atoms with E-state index in [2.05, 4.69) is 10.6 Å². The Bertz CT molecular complexity index is 448. The zero-order chi connectivity index (χ0) is 13.7. The molecule has 1 aromatic carbocycles. The molecule has 0 aliphatic carbocycles. The van der Waals surface area contributed by atoms with Crippen molar-refractivity contribution in [3.8, 4) is 0 Å². The van der Waals surface area contributed by atoms with Crippen molar-refractivity contribution in [1.82, 2.24) is 5.32 Å². The van der Waals surface area contributed by atoms with E-state index in [0.29, 0.717) is 10.9 Å². The van der Waals surface area contributed by atoms with Crippen molar-refractivity contribution in [2.24, 2.45) is 5.92 Å². The van der Waals surface area contributed by atoms with Crippen molar-refractivity contribution in [3.63, 3.8) is 0 Å². The lowest BCUT2D eigenvalue weighted by Gasteiger charge is -2.22. The van der Waals surface area contributed by atoms with Gasteiger partial charge in [-0.1, -0.05) is 11.6 Å². The second kappa shape index (κ2) is 6.73. The minimum atomic E-state index is -0.441. The third-order valence-corrected chi connectivity index (χ3v) is 3.74. The fourth-order valence-corrected chi connectivity index (χ4v) is 2.58. The van der Waals surface area contributed by atoms with Gasteiger partial charge in [0.25, 0.3) is 5.69 Å². The zero-order valence-corrected chi connectivity index (χ0v) is 11.4. The van der Waals surface area contributed by atoms with Crippen LogP contribution in [-0.2, 0) is 0 Å². The summed E-state index contributed by atoms with van der Waals surface area (Å²) in [4.78, 5) is 10.2. The summed E-state index contributed by atoms with van der Waals surface area (Å²) in [7, 11) is 0. The van der Waals surface area contributed by atoms with Crippen molar-refractivity contribution in [1.29, 1.82) is 0 Å². The molecule has 1 aromatic rings.